The number of ether oxygens (including phenoxy) is 1. The summed E-state index contributed by atoms with van der Waals surface area (Å²) in [4.78, 5) is 14.4. The van der Waals surface area contributed by atoms with E-state index in [1.807, 2.05) is 0 Å². The molecule has 1 aromatic carbocycles. The Kier molecular flexibility index (Phi) is 3.43. The number of aryl methyl sites for hydroxylation is 1. The molecule has 5 nitrogen and oxygen atoms in total. The Hall–Kier alpha value is -2.14. The number of benzene rings is 1. The third-order valence-electron chi connectivity index (χ3n) is 2.29. The summed E-state index contributed by atoms with van der Waals surface area (Å²) in [6.45, 7) is 1.73. The van der Waals surface area contributed by atoms with Crippen LogP contribution in [0.4, 0.5) is 5.69 Å². The zero-order chi connectivity index (χ0) is 13.1. The number of nitro benzene ring substituents is 1. The van der Waals surface area contributed by atoms with Gasteiger partial charge >= 0.3 is 5.69 Å². The Labute approximate surface area is 108 Å². The first-order valence-corrected chi connectivity index (χ1v) is 5.49. The monoisotopic (exact) mass is 264 g/mol. The third-order valence-corrected chi connectivity index (χ3v) is 2.52. The summed E-state index contributed by atoms with van der Waals surface area (Å²) in [5.41, 5.74) is 0.577. The second-order valence-electron chi connectivity index (χ2n) is 3.60. The molecule has 0 aliphatic carbocycles. The van der Waals surface area contributed by atoms with Crippen molar-refractivity contribution in [3.05, 3.63) is 57.2 Å². The lowest BCUT2D eigenvalue weighted by Crippen LogP contribution is -1.96. The van der Waals surface area contributed by atoms with Gasteiger partial charge in [0.25, 0.3) is 0 Å². The molecule has 1 heterocycles. The van der Waals surface area contributed by atoms with Gasteiger partial charge in [-0.15, -0.1) is 0 Å². The van der Waals surface area contributed by atoms with Crippen molar-refractivity contribution in [2.24, 2.45) is 0 Å². The average Bonchev–Trinajstić information content (AvgIpc) is 2.34. The van der Waals surface area contributed by atoms with E-state index in [-0.39, 0.29) is 17.3 Å². The molecule has 0 aliphatic rings. The van der Waals surface area contributed by atoms with Crippen LogP contribution < -0.4 is 4.74 Å². The molecule has 1 aromatic heterocycles. The second-order valence-corrected chi connectivity index (χ2v) is 4.03. The Morgan fingerprint density at radius 2 is 2.11 bits per heavy atom. The normalized spacial score (nSPS) is 10.1. The number of nitrogens with zero attached hydrogens (tertiary/aromatic N) is 2. The first kappa shape index (κ1) is 12.3. The van der Waals surface area contributed by atoms with E-state index in [2.05, 4.69) is 4.98 Å². The molecule has 0 amide bonds. The van der Waals surface area contributed by atoms with Gasteiger partial charge in [0.2, 0.25) is 11.6 Å². The largest absolute Gasteiger partial charge is 0.432 e. The van der Waals surface area contributed by atoms with E-state index in [1.54, 1.807) is 31.2 Å². The van der Waals surface area contributed by atoms with Crippen molar-refractivity contribution < 1.29 is 9.66 Å². The Balaban J connectivity index is 2.39. The lowest BCUT2D eigenvalue weighted by Gasteiger charge is -2.07. The first-order valence-electron chi connectivity index (χ1n) is 5.11. The van der Waals surface area contributed by atoms with Crippen molar-refractivity contribution in [3.63, 3.8) is 0 Å². The highest BCUT2D eigenvalue weighted by molar-refractivity contribution is 6.30. The summed E-state index contributed by atoms with van der Waals surface area (Å²) in [5.74, 6) is 0.453. The molecule has 2 rings (SSSR count). The molecule has 0 atom stereocenters. The fourth-order valence-corrected chi connectivity index (χ4v) is 1.55. The number of nitro groups is 1. The molecule has 0 saturated heterocycles. The van der Waals surface area contributed by atoms with Crippen molar-refractivity contribution in [3.8, 4) is 11.6 Å². The molecule has 0 fully saturated rings. The van der Waals surface area contributed by atoms with E-state index in [0.29, 0.717) is 10.6 Å². The smallest absolute Gasteiger partial charge is 0.311 e. The number of hydrogen-bond donors (Lipinski definition) is 0. The predicted octanol–water partition coefficient (Wildman–Crippen LogP) is 3.74. The minimum Gasteiger partial charge on any atom is -0.432 e. The van der Waals surface area contributed by atoms with Gasteiger partial charge in [-0.25, -0.2) is 4.98 Å². The Bertz CT molecular complexity index is 584. The minimum absolute atomic E-state index is 0.0910. The van der Waals surface area contributed by atoms with E-state index in [9.17, 15) is 10.1 Å². The second kappa shape index (κ2) is 5.01. The maximum absolute atomic E-state index is 10.9. The first-order chi connectivity index (χ1) is 8.58. The molecule has 0 spiro atoms. The molecule has 0 radical (unpaired) electrons. The van der Waals surface area contributed by atoms with Crippen LogP contribution in [0.5, 0.6) is 11.6 Å². The van der Waals surface area contributed by atoms with Crippen molar-refractivity contribution in [1.29, 1.82) is 0 Å². The number of aromatic nitrogens is 1. The van der Waals surface area contributed by atoms with Crippen LogP contribution in [0.1, 0.15) is 5.56 Å². The lowest BCUT2D eigenvalue weighted by atomic mass is 10.2. The highest BCUT2D eigenvalue weighted by Crippen LogP contribution is 2.33. The van der Waals surface area contributed by atoms with Crippen molar-refractivity contribution in [2.45, 2.75) is 6.92 Å². The Morgan fingerprint density at radius 3 is 2.72 bits per heavy atom. The zero-order valence-corrected chi connectivity index (χ0v) is 10.2. The van der Waals surface area contributed by atoms with E-state index in [0.717, 1.165) is 0 Å². The molecule has 0 aliphatic heterocycles. The van der Waals surface area contributed by atoms with Crippen molar-refractivity contribution in [2.75, 3.05) is 0 Å². The van der Waals surface area contributed by atoms with Gasteiger partial charge in [-0.3, -0.25) is 10.1 Å². The summed E-state index contributed by atoms with van der Waals surface area (Å²) in [7, 11) is 0. The van der Waals surface area contributed by atoms with Gasteiger partial charge in [0.15, 0.2) is 0 Å². The maximum atomic E-state index is 10.9. The van der Waals surface area contributed by atoms with Crippen LogP contribution in [0.3, 0.4) is 0 Å². The van der Waals surface area contributed by atoms with Crippen LogP contribution >= 0.6 is 11.6 Å². The molecule has 6 heteroatoms. The fourth-order valence-electron chi connectivity index (χ4n) is 1.44. The number of rotatable bonds is 3. The van der Waals surface area contributed by atoms with Crippen LogP contribution in [-0.2, 0) is 0 Å². The molecule has 0 N–H and O–H groups in total. The van der Waals surface area contributed by atoms with Gasteiger partial charge in [-0.1, -0.05) is 23.7 Å². The van der Waals surface area contributed by atoms with Crippen LogP contribution in [0.25, 0.3) is 0 Å². The van der Waals surface area contributed by atoms with Gasteiger partial charge in [0, 0.05) is 18.3 Å². The summed E-state index contributed by atoms with van der Waals surface area (Å²) in [5, 5.41) is 11.4. The van der Waals surface area contributed by atoms with Gasteiger partial charge < -0.3 is 4.74 Å². The zero-order valence-electron chi connectivity index (χ0n) is 9.46. The van der Waals surface area contributed by atoms with Gasteiger partial charge in [-0.2, -0.15) is 0 Å². The highest BCUT2D eigenvalue weighted by atomic mass is 35.5. The number of hydrogen-bond acceptors (Lipinski definition) is 4. The number of para-hydroxylation sites is 1. The molecule has 92 valence electrons. The molecular weight excluding hydrogens is 256 g/mol. The maximum Gasteiger partial charge on any atom is 0.311 e. The minimum atomic E-state index is -0.488. The summed E-state index contributed by atoms with van der Waals surface area (Å²) in [6, 6.07) is 7.89. The lowest BCUT2D eigenvalue weighted by molar-refractivity contribution is -0.385. The van der Waals surface area contributed by atoms with Crippen molar-refractivity contribution in [1.82, 2.24) is 4.98 Å². The van der Waals surface area contributed by atoms with Crippen molar-refractivity contribution >= 4 is 17.3 Å². The van der Waals surface area contributed by atoms with E-state index >= 15 is 0 Å². The van der Waals surface area contributed by atoms with E-state index in [1.165, 1.54) is 12.3 Å². The molecule has 2 aromatic rings. The summed E-state index contributed by atoms with van der Waals surface area (Å²) < 4.78 is 5.45. The number of halogens is 1. The molecule has 18 heavy (non-hydrogen) atoms. The van der Waals surface area contributed by atoms with E-state index in [4.69, 9.17) is 16.3 Å². The molecule has 0 saturated carbocycles. The SMILES string of the molecule is Cc1cccc([N+](=O)[O-])c1Oc1ccc(Cl)cn1. The standard InChI is InChI=1S/C12H9ClN2O3/c1-8-3-2-4-10(15(16)17)12(8)18-11-6-5-9(13)7-14-11/h2-7H,1H3. The van der Waals surface area contributed by atoms with Crippen LogP contribution in [0.15, 0.2) is 36.5 Å². The fraction of sp³-hybridized carbons (Fsp3) is 0.0833. The third kappa shape index (κ3) is 2.57. The molecule has 0 bridgehead atoms. The highest BCUT2D eigenvalue weighted by Gasteiger charge is 2.18. The average molecular weight is 265 g/mol. The number of pyridine rings is 1. The van der Waals surface area contributed by atoms with Gasteiger partial charge in [-0.05, 0) is 18.6 Å². The van der Waals surface area contributed by atoms with Crippen LogP contribution in [0.2, 0.25) is 5.02 Å². The van der Waals surface area contributed by atoms with E-state index < -0.39 is 4.92 Å². The summed E-state index contributed by atoms with van der Waals surface area (Å²) in [6.07, 6.45) is 1.42. The van der Waals surface area contributed by atoms with Crippen LogP contribution in [0, 0.1) is 17.0 Å². The Morgan fingerprint density at radius 1 is 1.33 bits per heavy atom. The van der Waals surface area contributed by atoms with Gasteiger partial charge in [0.05, 0.1) is 9.95 Å². The summed E-state index contributed by atoms with van der Waals surface area (Å²) >= 11 is 5.70. The molecule has 0 unspecified atom stereocenters. The molecular formula is C12H9ClN2O3. The quantitative estimate of drug-likeness (QED) is 0.626. The van der Waals surface area contributed by atoms with Crippen LogP contribution in [-0.4, -0.2) is 9.91 Å². The predicted molar refractivity (Wildman–Crippen MR) is 67.2 cm³/mol. The topological polar surface area (TPSA) is 65.3 Å². The van der Waals surface area contributed by atoms with Gasteiger partial charge in [0.1, 0.15) is 0 Å².